The summed E-state index contributed by atoms with van der Waals surface area (Å²) >= 11 is 0. The third-order valence-electron chi connectivity index (χ3n) is 2.41. The summed E-state index contributed by atoms with van der Waals surface area (Å²) in [5.74, 6) is 0.540. The molecule has 0 amide bonds. The van der Waals surface area contributed by atoms with Crippen LogP contribution < -0.4 is 11.1 Å². The Balaban J connectivity index is 2.56. The van der Waals surface area contributed by atoms with E-state index in [2.05, 4.69) is 17.2 Å². The molecule has 1 aromatic heterocycles. The smallest absolute Gasteiger partial charge is 0.311 e. The maximum atomic E-state index is 10.8. The quantitative estimate of drug-likeness (QED) is 0.432. The van der Waals surface area contributed by atoms with Crippen molar-refractivity contribution in [2.75, 3.05) is 17.6 Å². The molecule has 0 aliphatic carbocycles. The first-order valence-corrected chi connectivity index (χ1v) is 5.80. The van der Waals surface area contributed by atoms with Crippen LogP contribution in [-0.4, -0.2) is 16.5 Å². The second-order valence-electron chi connectivity index (χ2n) is 3.85. The lowest BCUT2D eigenvalue weighted by molar-refractivity contribution is -0.384. The van der Waals surface area contributed by atoms with Gasteiger partial charge < -0.3 is 11.1 Å². The Morgan fingerprint density at radius 1 is 1.41 bits per heavy atom. The van der Waals surface area contributed by atoms with E-state index in [1.165, 1.54) is 18.6 Å². The molecule has 17 heavy (non-hydrogen) atoms. The van der Waals surface area contributed by atoms with E-state index in [1.807, 2.05) is 0 Å². The normalized spacial score (nSPS) is 10.2. The number of nitrogens with two attached hydrogens (primary N) is 1. The van der Waals surface area contributed by atoms with Crippen LogP contribution in [0.1, 0.15) is 32.6 Å². The number of anilines is 2. The van der Waals surface area contributed by atoms with Crippen LogP contribution in [0.25, 0.3) is 0 Å². The van der Waals surface area contributed by atoms with Gasteiger partial charge >= 0.3 is 5.69 Å². The highest BCUT2D eigenvalue weighted by atomic mass is 16.6. The second kappa shape index (κ2) is 6.67. The van der Waals surface area contributed by atoms with Crippen molar-refractivity contribution in [2.24, 2.45) is 0 Å². The predicted octanol–water partition coefficient (Wildman–Crippen LogP) is 2.56. The monoisotopic (exact) mass is 238 g/mol. The van der Waals surface area contributed by atoms with E-state index >= 15 is 0 Å². The Hall–Kier alpha value is -1.85. The van der Waals surface area contributed by atoms with Gasteiger partial charge in [0.15, 0.2) is 0 Å². The summed E-state index contributed by atoms with van der Waals surface area (Å²) in [6.45, 7) is 2.81. The predicted molar refractivity (Wildman–Crippen MR) is 67.9 cm³/mol. The molecule has 0 aliphatic rings. The highest BCUT2D eigenvalue weighted by molar-refractivity contribution is 5.59. The summed E-state index contributed by atoms with van der Waals surface area (Å²) in [5, 5.41) is 13.7. The van der Waals surface area contributed by atoms with Gasteiger partial charge in [-0.05, 0) is 12.5 Å². The zero-order valence-corrected chi connectivity index (χ0v) is 9.98. The molecular formula is C11H18N4O2. The van der Waals surface area contributed by atoms with E-state index in [0.717, 1.165) is 19.3 Å². The van der Waals surface area contributed by atoms with E-state index in [1.54, 1.807) is 0 Å². The van der Waals surface area contributed by atoms with Crippen molar-refractivity contribution in [3.05, 3.63) is 22.2 Å². The van der Waals surface area contributed by atoms with Crippen LogP contribution in [0.15, 0.2) is 12.1 Å². The molecular weight excluding hydrogens is 220 g/mol. The summed E-state index contributed by atoms with van der Waals surface area (Å²) in [7, 11) is 0. The van der Waals surface area contributed by atoms with Gasteiger partial charge in [0.25, 0.3) is 0 Å². The zero-order chi connectivity index (χ0) is 12.7. The van der Waals surface area contributed by atoms with Gasteiger partial charge in [0, 0.05) is 12.6 Å². The van der Waals surface area contributed by atoms with Gasteiger partial charge in [-0.15, -0.1) is 0 Å². The van der Waals surface area contributed by atoms with Crippen molar-refractivity contribution in [3.63, 3.8) is 0 Å². The number of nitro groups is 1. The lowest BCUT2D eigenvalue weighted by Gasteiger charge is -2.06. The van der Waals surface area contributed by atoms with Gasteiger partial charge in [-0.3, -0.25) is 10.1 Å². The first-order valence-electron chi connectivity index (χ1n) is 5.80. The number of hydrogen-bond donors (Lipinski definition) is 2. The van der Waals surface area contributed by atoms with Crippen LogP contribution in [0.5, 0.6) is 0 Å². The SMILES string of the molecule is CCCCCCNc1nc(N)ccc1[N+](=O)[O-]. The summed E-state index contributed by atoms with van der Waals surface area (Å²) in [5.41, 5.74) is 5.47. The van der Waals surface area contributed by atoms with E-state index in [9.17, 15) is 10.1 Å². The molecule has 6 heteroatoms. The molecule has 3 N–H and O–H groups in total. The van der Waals surface area contributed by atoms with Crippen molar-refractivity contribution >= 4 is 17.3 Å². The number of nitrogens with zero attached hydrogens (tertiary/aromatic N) is 2. The van der Waals surface area contributed by atoms with Gasteiger partial charge in [0.05, 0.1) is 4.92 Å². The van der Waals surface area contributed by atoms with Crippen LogP contribution in [-0.2, 0) is 0 Å². The Morgan fingerprint density at radius 3 is 2.82 bits per heavy atom. The number of nitrogens with one attached hydrogen (secondary N) is 1. The molecule has 1 heterocycles. The van der Waals surface area contributed by atoms with Crippen molar-refractivity contribution in [1.29, 1.82) is 0 Å². The molecule has 0 saturated carbocycles. The summed E-state index contributed by atoms with van der Waals surface area (Å²) in [4.78, 5) is 14.2. The van der Waals surface area contributed by atoms with Crippen molar-refractivity contribution in [2.45, 2.75) is 32.6 Å². The van der Waals surface area contributed by atoms with Gasteiger partial charge in [-0.2, -0.15) is 0 Å². The van der Waals surface area contributed by atoms with Gasteiger partial charge in [-0.1, -0.05) is 26.2 Å². The number of rotatable bonds is 7. The fourth-order valence-corrected chi connectivity index (χ4v) is 1.50. The summed E-state index contributed by atoms with van der Waals surface area (Å²) in [6.07, 6.45) is 4.42. The minimum absolute atomic E-state index is 0.0327. The van der Waals surface area contributed by atoms with Gasteiger partial charge in [0.1, 0.15) is 5.82 Å². The number of unbranched alkanes of at least 4 members (excludes halogenated alkanes) is 3. The lowest BCUT2D eigenvalue weighted by atomic mass is 10.2. The van der Waals surface area contributed by atoms with Crippen LogP contribution in [0.3, 0.4) is 0 Å². The van der Waals surface area contributed by atoms with Crippen LogP contribution >= 0.6 is 0 Å². The minimum atomic E-state index is -0.458. The molecule has 1 aromatic rings. The molecule has 0 radical (unpaired) electrons. The molecule has 0 saturated heterocycles. The van der Waals surface area contributed by atoms with Crippen LogP contribution in [0.2, 0.25) is 0 Å². The molecule has 6 nitrogen and oxygen atoms in total. The summed E-state index contributed by atoms with van der Waals surface area (Å²) < 4.78 is 0. The Bertz CT molecular complexity index is 382. The Morgan fingerprint density at radius 2 is 2.18 bits per heavy atom. The average Bonchev–Trinajstić information content (AvgIpc) is 2.28. The maximum Gasteiger partial charge on any atom is 0.311 e. The van der Waals surface area contributed by atoms with Crippen molar-refractivity contribution in [1.82, 2.24) is 4.98 Å². The highest BCUT2D eigenvalue weighted by Gasteiger charge is 2.14. The third kappa shape index (κ3) is 4.26. The largest absolute Gasteiger partial charge is 0.384 e. The standard InChI is InChI=1S/C11H18N4O2/c1-2-3-4-5-8-13-11-9(15(16)17)6-7-10(12)14-11/h6-7H,2-5,8H2,1H3,(H3,12,13,14). The first-order chi connectivity index (χ1) is 8.15. The Kier molecular flexibility index (Phi) is 5.19. The number of pyridine rings is 1. The van der Waals surface area contributed by atoms with E-state index in [-0.39, 0.29) is 17.3 Å². The van der Waals surface area contributed by atoms with E-state index in [0.29, 0.717) is 6.54 Å². The second-order valence-corrected chi connectivity index (χ2v) is 3.85. The molecule has 0 fully saturated rings. The number of nitrogen functional groups attached to an aromatic ring is 1. The molecule has 0 atom stereocenters. The Labute approximate surface area is 100 Å². The molecule has 1 rings (SSSR count). The van der Waals surface area contributed by atoms with Crippen LogP contribution in [0.4, 0.5) is 17.3 Å². The molecule has 0 aliphatic heterocycles. The van der Waals surface area contributed by atoms with Gasteiger partial charge in [-0.25, -0.2) is 4.98 Å². The average molecular weight is 238 g/mol. The number of aromatic nitrogens is 1. The molecule has 94 valence electrons. The fourth-order valence-electron chi connectivity index (χ4n) is 1.50. The van der Waals surface area contributed by atoms with Crippen molar-refractivity contribution in [3.8, 4) is 0 Å². The van der Waals surface area contributed by atoms with Crippen LogP contribution in [0, 0.1) is 10.1 Å². The topological polar surface area (TPSA) is 94.1 Å². The fraction of sp³-hybridized carbons (Fsp3) is 0.545. The number of hydrogen-bond acceptors (Lipinski definition) is 5. The van der Waals surface area contributed by atoms with Crippen molar-refractivity contribution < 1.29 is 4.92 Å². The maximum absolute atomic E-state index is 10.8. The molecule has 0 unspecified atom stereocenters. The lowest BCUT2D eigenvalue weighted by Crippen LogP contribution is -2.07. The third-order valence-corrected chi connectivity index (χ3v) is 2.41. The van der Waals surface area contributed by atoms with E-state index < -0.39 is 4.92 Å². The molecule has 0 aromatic carbocycles. The molecule has 0 spiro atoms. The van der Waals surface area contributed by atoms with E-state index in [4.69, 9.17) is 5.73 Å². The first kappa shape index (κ1) is 13.2. The van der Waals surface area contributed by atoms with Gasteiger partial charge in [0.2, 0.25) is 5.82 Å². The summed E-state index contributed by atoms with van der Waals surface area (Å²) in [6, 6.07) is 2.80. The minimum Gasteiger partial charge on any atom is -0.384 e. The zero-order valence-electron chi connectivity index (χ0n) is 9.98. The highest BCUT2D eigenvalue weighted by Crippen LogP contribution is 2.22. The molecule has 0 bridgehead atoms.